The lowest BCUT2D eigenvalue weighted by molar-refractivity contribution is -0.119. The lowest BCUT2D eigenvalue weighted by Gasteiger charge is -2.28. The van der Waals surface area contributed by atoms with Gasteiger partial charge in [-0.15, -0.1) is 0 Å². The van der Waals surface area contributed by atoms with Gasteiger partial charge < -0.3 is 16.2 Å². The van der Waals surface area contributed by atoms with E-state index in [4.69, 9.17) is 10.8 Å². The molecule has 0 radical (unpaired) electrons. The van der Waals surface area contributed by atoms with Gasteiger partial charge in [0.15, 0.2) is 0 Å². The molecule has 4 heteroatoms. The van der Waals surface area contributed by atoms with Gasteiger partial charge in [-0.05, 0) is 31.6 Å². The van der Waals surface area contributed by atoms with Gasteiger partial charge in [0.1, 0.15) is 0 Å². The molecule has 0 aromatic rings. The molecule has 0 aromatic carbocycles. The van der Waals surface area contributed by atoms with E-state index in [1.807, 2.05) is 0 Å². The Bertz CT molecular complexity index is 177. The van der Waals surface area contributed by atoms with Crippen molar-refractivity contribution in [3.63, 3.8) is 0 Å². The molecule has 0 aromatic heterocycles. The van der Waals surface area contributed by atoms with Crippen LogP contribution in [0.25, 0.3) is 0 Å². The van der Waals surface area contributed by atoms with Crippen LogP contribution in [0.5, 0.6) is 0 Å². The number of amides is 1. The third kappa shape index (κ3) is 4.07. The van der Waals surface area contributed by atoms with Crippen molar-refractivity contribution < 1.29 is 9.90 Å². The molecule has 0 spiro atoms. The average molecular weight is 200 g/mol. The van der Waals surface area contributed by atoms with Crippen molar-refractivity contribution in [3.8, 4) is 0 Å². The van der Waals surface area contributed by atoms with Gasteiger partial charge in [0.25, 0.3) is 0 Å². The maximum atomic E-state index is 10.7. The first-order valence-corrected chi connectivity index (χ1v) is 5.35. The standard InChI is InChI=1S/C10H20N2O2/c11-10(14)7-8-1-3-9(4-2-8)12-5-6-13/h8-9,12-13H,1-7H2,(H2,11,14). The van der Waals surface area contributed by atoms with Crippen LogP contribution in [0.1, 0.15) is 32.1 Å². The summed E-state index contributed by atoms with van der Waals surface area (Å²) in [6.07, 6.45) is 4.88. The van der Waals surface area contributed by atoms with Gasteiger partial charge in [0.05, 0.1) is 6.61 Å². The summed E-state index contributed by atoms with van der Waals surface area (Å²) in [4.78, 5) is 10.7. The maximum Gasteiger partial charge on any atom is 0.217 e. The number of hydrogen-bond donors (Lipinski definition) is 3. The molecular formula is C10H20N2O2. The molecule has 1 rings (SSSR count). The molecule has 4 N–H and O–H groups in total. The van der Waals surface area contributed by atoms with Crippen LogP contribution in [0.2, 0.25) is 0 Å². The molecule has 1 saturated carbocycles. The van der Waals surface area contributed by atoms with Crippen molar-refractivity contribution in [3.05, 3.63) is 0 Å². The number of aliphatic hydroxyl groups is 1. The summed E-state index contributed by atoms with van der Waals surface area (Å²) in [6, 6.07) is 0.520. The largest absolute Gasteiger partial charge is 0.395 e. The molecular weight excluding hydrogens is 180 g/mol. The van der Waals surface area contributed by atoms with E-state index in [0.29, 0.717) is 24.9 Å². The molecule has 0 aliphatic heterocycles. The van der Waals surface area contributed by atoms with Crippen LogP contribution in [0, 0.1) is 5.92 Å². The Labute approximate surface area is 84.9 Å². The van der Waals surface area contributed by atoms with E-state index in [9.17, 15) is 4.79 Å². The minimum Gasteiger partial charge on any atom is -0.395 e. The number of nitrogens with two attached hydrogens (primary N) is 1. The number of nitrogens with one attached hydrogen (secondary N) is 1. The molecule has 14 heavy (non-hydrogen) atoms. The Morgan fingerprint density at radius 1 is 1.36 bits per heavy atom. The molecule has 1 amide bonds. The second-order valence-electron chi connectivity index (χ2n) is 4.07. The van der Waals surface area contributed by atoms with E-state index in [1.54, 1.807) is 0 Å². The van der Waals surface area contributed by atoms with Crippen molar-refractivity contribution >= 4 is 5.91 Å². The highest BCUT2D eigenvalue weighted by Gasteiger charge is 2.21. The van der Waals surface area contributed by atoms with Crippen LogP contribution >= 0.6 is 0 Å². The van der Waals surface area contributed by atoms with Crippen molar-refractivity contribution in [1.29, 1.82) is 0 Å². The van der Waals surface area contributed by atoms with Gasteiger partial charge in [-0.1, -0.05) is 0 Å². The van der Waals surface area contributed by atoms with Gasteiger partial charge in [-0.2, -0.15) is 0 Å². The maximum absolute atomic E-state index is 10.7. The fourth-order valence-corrected chi connectivity index (χ4v) is 2.12. The Hall–Kier alpha value is -0.610. The minimum absolute atomic E-state index is 0.184. The Balaban J connectivity index is 2.14. The Kier molecular flexibility index (Phi) is 4.90. The van der Waals surface area contributed by atoms with E-state index < -0.39 is 0 Å². The van der Waals surface area contributed by atoms with Crippen LogP contribution in [-0.4, -0.2) is 30.2 Å². The van der Waals surface area contributed by atoms with Gasteiger partial charge in [-0.25, -0.2) is 0 Å². The van der Waals surface area contributed by atoms with Crippen molar-refractivity contribution in [1.82, 2.24) is 5.32 Å². The fourth-order valence-electron chi connectivity index (χ4n) is 2.12. The third-order valence-electron chi connectivity index (χ3n) is 2.88. The SMILES string of the molecule is NC(=O)CC1CCC(NCCO)CC1. The second kappa shape index (κ2) is 5.98. The first kappa shape index (κ1) is 11.5. The van der Waals surface area contributed by atoms with Gasteiger partial charge in [0, 0.05) is 19.0 Å². The summed E-state index contributed by atoms with van der Waals surface area (Å²) in [6.45, 7) is 0.867. The lowest BCUT2D eigenvalue weighted by atomic mass is 9.84. The molecule has 0 heterocycles. The molecule has 0 atom stereocenters. The summed E-state index contributed by atoms with van der Waals surface area (Å²) >= 11 is 0. The van der Waals surface area contributed by atoms with Crippen LogP contribution in [0.15, 0.2) is 0 Å². The predicted molar refractivity (Wildman–Crippen MR) is 54.6 cm³/mol. The number of carbonyl (C=O) groups excluding carboxylic acids is 1. The van der Waals surface area contributed by atoms with Gasteiger partial charge in [-0.3, -0.25) is 4.79 Å². The lowest BCUT2D eigenvalue weighted by Crippen LogP contribution is -2.35. The highest BCUT2D eigenvalue weighted by molar-refractivity contribution is 5.73. The van der Waals surface area contributed by atoms with Crippen molar-refractivity contribution in [2.24, 2.45) is 11.7 Å². The number of carbonyl (C=O) groups is 1. The third-order valence-corrected chi connectivity index (χ3v) is 2.88. The van der Waals surface area contributed by atoms with Crippen LogP contribution in [0.4, 0.5) is 0 Å². The van der Waals surface area contributed by atoms with E-state index in [-0.39, 0.29) is 12.5 Å². The summed E-state index contributed by atoms with van der Waals surface area (Å²) in [5, 5.41) is 11.9. The highest BCUT2D eigenvalue weighted by atomic mass is 16.3. The number of rotatable bonds is 5. The van der Waals surface area contributed by atoms with E-state index in [1.165, 1.54) is 0 Å². The van der Waals surface area contributed by atoms with E-state index in [2.05, 4.69) is 5.32 Å². The Morgan fingerprint density at radius 3 is 2.50 bits per heavy atom. The molecule has 4 nitrogen and oxygen atoms in total. The molecule has 1 aliphatic carbocycles. The monoisotopic (exact) mass is 200 g/mol. The van der Waals surface area contributed by atoms with Crippen LogP contribution in [0.3, 0.4) is 0 Å². The molecule has 1 fully saturated rings. The molecule has 0 saturated heterocycles. The highest BCUT2D eigenvalue weighted by Crippen LogP contribution is 2.26. The van der Waals surface area contributed by atoms with E-state index in [0.717, 1.165) is 25.7 Å². The average Bonchev–Trinajstić information content (AvgIpc) is 2.16. The predicted octanol–water partition coefficient (Wildman–Crippen LogP) is 0.00250. The molecule has 1 aliphatic rings. The van der Waals surface area contributed by atoms with Gasteiger partial charge >= 0.3 is 0 Å². The zero-order valence-corrected chi connectivity index (χ0v) is 8.54. The Morgan fingerprint density at radius 2 is 2.00 bits per heavy atom. The number of primary amides is 1. The topological polar surface area (TPSA) is 75.4 Å². The number of hydrogen-bond acceptors (Lipinski definition) is 3. The van der Waals surface area contributed by atoms with Gasteiger partial charge in [0.2, 0.25) is 5.91 Å². The smallest absolute Gasteiger partial charge is 0.217 e. The van der Waals surface area contributed by atoms with Crippen molar-refractivity contribution in [2.75, 3.05) is 13.2 Å². The van der Waals surface area contributed by atoms with Crippen LogP contribution in [-0.2, 0) is 4.79 Å². The second-order valence-corrected chi connectivity index (χ2v) is 4.07. The first-order chi connectivity index (χ1) is 6.72. The summed E-state index contributed by atoms with van der Waals surface area (Å²) in [5.74, 6) is 0.302. The number of aliphatic hydroxyl groups excluding tert-OH is 1. The molecule has 82 valence electrons. The minimum atomic E-state index is -0.184. The molecule has 0 bridgehead atoms. The summed E-state index contributed by atoms with van der Waals surface area (Å²) in [5.41, 5.74) is 5.15. The summed E-state index contributed by atoms with van der Waals surface area (Å²) in [7, 11) is 0. The quantitative estimate of drug-likeness (QED) is 0.585. The van der Waals surface area contributed by atoms with E-state index >= 15 is 0 Å². The molecule has 0 unspecified atom stereocenters. The van der Waals surface area contributed by atoms with Crippen LogP contribution < -0.4 is 11.1 Å². The first-order valence-electron chi connectivity index (χ1n) is 5.35. The zero-order valence-electron chi connectivity index (χ0n) is 8.54. The van der Waals surface area contributed by atoms with Crippen molar-refractivity contribution in [2.45, 2.75) is 38.1 Å². The summed E-state index contributed by atoms with van der Waals surface area (Å²) < 4.78 is 0. The normalized spacial score (nSPS) is 27.5. The zero-order chi connectivity index (χ0) is 10.4. The fraction of sp³-hybridized carbons (Fsp3) is 0.900.